The van der Waals surface area contributed by atoms with E-state index < -0.39 is 15.3 Å². The van der Waals surface area contributed by atoms with Crippen LogP contribution in [0.3, 0.4) is 0 Å². The third-order valence-corrected chi connectivity index (χ3v) is 6.43. The van der Waals surface area contributed by atoms with Crippen molar-refractivity contribution in [2.45, 2.75) is 38.5 Å². The molecule has 2 atom stereocenters. The molecule has 1 aliphatic heterocycles. The summed E-state index contributed by atoms with van der Waals surface area (Å²) in [5.41, 5.74) is 5.44. The molecule has 106 valence electrons. The second-order valence-corrected chi connectivity index (χ2v) is 7.51. The number of thiocarbonyl (C=S) groups is 1. The van der Waals surface area contributed by atoms with E-state index in [0.717, 1.165) is 19.5 Å². The standard InChI is InChI=1S/C11H23N3O2S2/c1-4-9(2)13-5-7-14(8-6-13)18(15,16)10(3)11(12)17/h9-10H,4-8H2,1-3H3,(H2,12,17). The fraction of sp³-hybridized carbons (Fsp3) is 0.909. The van der Waals surface area contributed by atoms with Crippen LogP contribution in [0.2, 0.25) is 0 Å². The van der Waals surface area contributed by atoms with Crippen LogP contribution in [0.1, 0.15) is 27.2 Å². The fourth-order valence-electron chi connectivity index (χ4n) is 2.03. The van der Waals surface area contributed by atoms with Gasteiger partial charge in [0.25, 0.3) is 0 Å². The summed E-state index contributed by atoms with van der Waals surface area (Å²) >= 11 is 4.78. The van der Waals surface area contributed by atoms with Gasteiger partial charge in [-0.15, -0.1) is 0 Å². The van der Waals surface area contributed by atoms with E-state index in [4.69, 9.17) is 18.0 Å². The first-order valence-electron chi connectivity index (χ1n) is 6.33. The summed E-state index contributed by atoms with van der Waals surface area (Å²) in [6.45, 7) is 8.47. The molecule has 0 aromatic heterocycles. The van der Waals surface area contributed by atoms with Gasteiger partial charge in [0.1, 0.15) is 5.25 Å². The molecule has 0 aromatic rings. The van der Waals surface area contributed by atoms with Crippen LogP contribution in [-0.2, 0) is 10.0 Å². The lowest BCUT2D eigenvalue weighted by atomic mass is 10.2. The van der Waals surface area contributed by atoms with Crippen molar-refractivity contribution >= 4 is 27.2 Å². The Bertz CT molecular complexity index is 389. The Morgan fingerprint density at radius 3 is 2.17 bits per heavy atom. The van der Waals surface area contributed by atoms with Crippen LogP contribution in [-0.4, -0.2) is 60.1 Å². The molecule has 1 aliphatic rings. The maximum atomic E-state index is 12.2. The normalized spacial score (nSPS) is 22.6. The van der Waals surface area contributed by atoms with E-state index in [9.17, 15) is 8.42 Å². The van der Waals surface area contributed by atoms with Crippen LogP contribution >= 0.6 is 12.2 Å². The molecule has 7 heteroatoms. The number of sulfonamides is 1. The van der Waals surface area contributed by atoms with Crippen molar-refractivity contribution in [2.24, 2.45) is 5.73 Å². The number of nitrogens with two attached hydrogens (primary N) is 1. The van der Waals surface area contributed by atoms with Gasteiger partial charge in [0.05, 0.1) is 4.99 Å². The Morgan fingerprint density at radius 1 is 1.28 bits per heavy atom. The van der Waals surface area contributed by atoms with E-state index in [2.05, 4.69) is 18.7 Å². The molecule has 1 fully saturated rings. The summed E-state index contributed by atoms with van der Waals surface area (Å²) in [5, 5.41) is -0.775. The quantitative estimate of drug-likeness (QED) is 0.744. The summed E-state index contributed by atoms with van der Waals surface area (Å²) < 4.78 is 25.9. The zero-order valence-electron chi connectivity index (χ0n) is 11.3. The van der Waals surface area contributed by atoms with Crippen LogP contribution in [0.4, 0.5) is 0 Å². The number of piperazine rings is 1. The van der Waals surface area contributed by atoms with Crippen LogP contribution in [0.25, 0.3) is 0 Å². The zero-order valence-corrected chi connectivity index (χ0v) is 12.9. The van der Waals surface area contributed by atoms with Gasteiger partial charge in [-0.05, 0) is 20.3 Å². The Morgan fingerprint density at radius 2 is 1.78 bits per heavy atom. The zero-order chi connectivity index (χ0) is 13.9. The highest BCUT2D eigenvalue weighted by molar-refractivity contribution is 7.92. The van der Waals surface area contributed by atoms with E-state index in [0.29, 0.717) is 19.1 Å². The summed E-state index contributed by atoms with van der Waals surface area (Å²) in [7, 11) is -3.38. The summed E-state index contributed by atoms with van der Waals surface area (Å²) in [5.74, 6) is 0. The Balaban J connectivity index is 2.65. The van der Waals surface area contributed by atoms with Crippen LogP contribution in [0.5, 0.6) is 0 Å². The van der Waals surface area contributed by atoms with Gasteiger partial charge in [-0.2, -0.15) is 4.31 Å². The lowest BCUT2D eigenvalue weighted by molar-refractivity contribution is 0.142. The molecule has 0 amide bonds. The van der Waals surface area contributed by atoms with Crippen molar-refractivity contribution in [2.75, 3.05) is 26.2 Å². The average Bonchev–Trinajstić information content (AvgIpc) is 2.36. The van der Waals surface area contributed by atoms with Crippen molar-refractivity contribution in [1.29, 1.82) is 0 Å². The average molecular weight is 293 g/mol. The third-order valence-electron chi connectivity index (χ3n) is 3.69. The van der Waals surface area contributed by atoms with Crippen molar-refractivity contribution in [3.63, 3.8) is 0 Å². The Labute approximate surface area is 115 Å². The minimum Gasteiger partial charge on any atom is -0.392 e. The van der Waals surface area contributed by atoms with E-state index in [1.807, 2.05) is 0 Å². The molecule has 5 nitrogen and oxygen atoms in total. The van der Waals surface area contributed by atoms with E-state index in [1.165, 1.54) is 4.31 Å². The molecule has 2 N–H and O–H groups in total. The molecular weight excluding hydrogens is 270 g/mol. The second kappa shape index (κ2) is 6.27. The van der Waals surface area contributed by atoms with Crippen molar-refractivity contribution in [3.05, 3.63) is 0 Å². The molecular formula is C11H23N3O2S2. The van der Waals surface area contributed by atoms with Crippen molar-refractivity contribution in [3.8, 4) is 0 Å². The number of hydrogen-bond acceptors (Lipinski definition) is 4. The molecule has 0 bridgehead atoms. The lowest BCUT2D eigenvalue weighted by Gasteiger charge is -2.38. The molecule has 1 saturated heterocycles. The van der Waals surface area contributed by atoms with Gasteiger partial charge < -0.3 is 5.73 Å². The van der Waals surface area contributed by atoms with Gasteiger partial charge in [-0.1, -0.05) is 19.1 Å². The fourth-order valence-corrected chi connectivity index (χ4v) is 3.81. The smallest absolute Gasteiger partial charge is 0.223 e. The largest absolute Gasteiger partial charge is 0.392 e. The molecule has 0 aromatic carbocycles. The first-order chi connectivity index (χ1) is 8.30. The van der Waals surface area contributed by atoms with E-state index in [-0.39, 0.29) is 4.99 Å². The summed E-state index contributed by atoms with van der Waals surface area (Å²) in [6.07, 6.45) is 1.08. The minimum absolute atomic E-state index is 0.0411. The highest BCUT2D eigenvalue weighted by Crippen LogP contribution is 2.15. The minimum atomic E-state index is -3.38. The van der Waals surface area contributed by atoms with Crippen LogP contribution < -0.4 is 5.73 Å². The molecule has 1 heterocycles. The first-order valence-corrected chi connectivity index (χ1v) is 8.24. The van der Waals surface area contributed by atoms with Gasteiger partial charge in [-0.3, -0.25) is 4.90 Å². The molecule has 0 spiro atoms. The van der Waals surface area contributed by atoms with Gasteiger partial charge >= 0.3 is 0 Å². The van der Waals surface area contributed by atoms with Crippen molar-refractivity contribution < 1.29 is 8.42 Å². The van der Waals surface area contributed by atoms with Crippen LogP contribution in [0, 0.1) is 0 Å². The summed E-state index contributed by atoms with van der Waals surface area (Å²) in [6, 6.07) is 0.503. The van der Waals surface area contributed by atoms with Gasteiger partial charge in [0.2, 0.25) is 10.0 Å². The van der Waals surface area contributed by atoms with Gasteiger partial charge in [0, 0.05) is 32.2 Å². The monoisotopic (exact) mass is 293 g/mol. The maximum Gasteiger partial charge on any atom is 0.223 e. The van der Waals surface area contributed by atoms with E-state index >= 15 is 0 Å². The molecule has 1 rings (SSSR count). The van der Waals surface area contributed by atoms with Crippen molar-refractivity contribution in [1.82, 2.24) is 9.21 Å². The number of hydrogen-bond donors (Lipinski definition) is 1. The molecule has 0 radical (unpaired) electrons. The number of rotatable bonds is 5. The molecule has 0 aliphatic carbocycles. The van der Waals surface area contributed by atoms with E-state index in [1.54, 1.807) is 6.92 Å². The topological polar surface area (TPSA) is 66.6 Å². The predicted molar refractivity (Wildman–Crippen MR) is 78.1 cm³/mol. The molecule has 0 saturated carbocycles. The first kappa shape index (κ1) is 15.8. The predicted octanol–water partition coefficient (Wildman–Crippen LogP) is 0.407. The molecule has 2 unspecified atom stereocenters. The SMILES string of the molecule is CCC(C)N1CCN(S(=O)(=O)C(C)C(N)=S)CC1. The summed E-state index contributed by atoms with van der Waals surface area (Å²) in [4.78, 5) is 2.36. The maximum absolute atomic E-state index is 12.2. The Hall–Kier alpha value is -0.240. The molecule has 18 heavy (non-hydrogen) atoms. The third kappa shape index (κ3) is 3.40. The van der Waals surface area contributed by atoms with Crippen LogP contribution in [0.15, 0.2) is 0 Å². The Kier molecular flexibility index (Phi) is 5.51. The lowest BCUT2D eigenvalue weighted by Crippen LogP contribution is -2.54. The highest BCUT2D eigenvalue weighted by Gasteiger charge is 2.33. The van der Waals surface area contributed by atoms with Gasteiger partial charge in [0.15, 0.2) is 0 Å². The second-order valence-electron chi connectivity index (χ2n) is 4.78. The number of nitrogens with zero attached hydrogens (tertiary/aromatic N) is 2. The van der Waals surface area contributed by atoms with Gasteiger partial charge in [-0.25, -0.2) is 8.42 Å². The highest BCUT2D eigenvalue weighted by atomic mass is 32.2.